The molecule has 2 aromatic rings. The highest BCUT2D eigenvalue weighted by Crippen LogP contribution is 2.39. The monoisotopic (exact) mass is 386 g/mol. The van der Waals surface area contributed by atoms with Gasteiger partial charge in [-0.3, -0.25) is 14.3 Å². The maximum atomic E-state index is 12.7. The zero-order chi connectivity index (χ0) is 19.2. The SMILES string of the molecule is CN1C(=O)COc2c(NS(=O)(=O)c3ccc(C(=O)C4CC4)cc3)cccc21. The molecule has 140 valence electrons. The van der Waals surface area contributed by atoms with E-state index >= 15 is 0 Å². The summed E-state index contributed by atoms with van der Waals surface area (Å²) in [5.74, 6) is 0.241. The third kappa shape index (κ3) is 3.28. The Morgan fingerprint density at radius 2 is 1.85 bits per heavy atom. The second-order valence-corrected chi connectivity index (χ2v) is 8.35. The predicted molar refractivity (Wildman–Crippen MR) is 99.7 cm³/mol. The number of ether oxygens (including phenoxy) is 1. The Labute approximate surface area is 157 Å². The van der Waals surface area contributed by atoms with Gasteiger partial charge in [-0.25, -0.2) is 8.42 Å². The first-order valence-corrected chi connectivity index (χ1v) is 10.0. The molecule has 0 aromatic heterocycles. The summed E-state index contributed by atoms with van der Waals surface area (Å²) in [6.45, 7) is -0.153. The Morgan fingerprint density at radius 3 is 2.52 bits per heavy atom. The number of Topliss-reactive ketones (excluding diaryl/α,β-unsaturated/α-hetero) is 1. The molecule has 1 aliphatic carbocycles. The molecule has 0 bridgehead atoms. The van der Waals surface area contributed by atoms with Crippen LogP contribution < -0.4 is 14.4 Å². The highest BCUT2D eigenvalue weighted by Gasteiger charge is 2.31. The van der Waals surface area contributed by atoms with Gasteiger partial charge in [0.1, 0.15) is 0 Å². The van der Waals surface area contributed by atoms with Gasteiger partial charge in [0.25, 0.3) is 15.9 Å². The van der Waals surface area contributed by atoms with Crippen LogP contribution in [0.2, 0.25) is 0 Å². The standard InChI is InChI=1S/C19H18N2O5S/c1-21-16-4-2-3-15(19(16)26-11-17(21)22)20-27(24,25)14-9-7-13(8-10-14)18(23)12-5-6-12/h2-4,7-10,12,20H,5-6,11H2,1H3. The topological polar surface area (TPSA) is 92.8 Å². The number of fused-ring (bicyclic) bond motifs is 1. The largest absolute Gasteiger partial charge is 0.479 e. The van der Waals surface area contributed by atoms with Crippen molar-refractivity contribution in [3.05, 3.63) is 48.0 Å². The zero-order valence-corrected chi connectivity index (χ0v) is 15.5. The molecular weight excluding hydrogens is 368 g/mol. The first-order chi connectivity index (χ1) is 12.9. The second-order valence-electron chi connectivity index (χ2n) is 6.66. The Balaban J connectivity index is 1.61. The van der Waals surface area contributed by atoms with Gasteiger partial charge in [-0.15, -0.1) is 0 Å². The lowest BCUT2D eigenvalue weighted by molar-refractivity contribution is -0.120. The van der Waals surface area contributed by atoms with E-state index in [-0.39, 0.29) is 34.8 Å². The molecule has 4 rings (SSSR count). The van der Waals surface area contributed by atoms with E-state index in [0.717, 1.165) is 12.8 Å². The Bertz CT molecular complexity index is 1030. The van der Waals surface area contributed by atoms with Gasteiger partial charge in [-0.05, 0) is 37.1 Å². The highest BCUT2D eigenvalue weighted by atomic mass is 32.2. The summed E-state index contributed by atoms with van der Waals surface area (Å²) in [5, 5.41) is 0. The van der Waals surface area contributed by atoms with Gasteiger partial charge < -0.3 is 9.64 Å². The smallest absolute Gasteiger partial charge is 0.264 e. The Kier molecular flexibility index (Phi) is 4.15. The number of ketones is 1. The molecule has 8 heteroatoms. The summed E-state index contributed by atoms with van der Waals surface area (Å²) in [6.07, 6.45) is 1.80. The molecular formula is C19H18N2O5S. The van der Waals surface area contributed by atoms with Crippen molar-refractivity contribution in [3.8, 4) is 5.75 Å². The van der Waals surface area contributed by atoms with Crippen LogP contribution in [-0.2, 0) is 14.8 Å². The maximum absolute atomic E-state index is 12.7. The normalized spacial score (nSPS) is 16.5. The molecule has 2 aliphatic rings. The van der Waals surface area contributed by atoms with Crippen LogP contribution in [0.25, 0.3) is 0 Å². The number of hydrogen-bond acceptors (Lipinski definition) is 5. The van der Waals surface area contributed by atoms with Crippen molar-refractivity contribution >= 4 is 33.1 Å². The molecule has 0 unspecified atom stereocenters. The van der Waals surface area contributed by atoms with Crippen LogP contribution in [0.1, 0.15) is 23.2 Å². The van der Waals surface area contributed by atoms with E-state index in [1.54, 1.807) is 37.4 Å². The van der Waals surface area contributed by atoms with Crippen LogP contribution in [0.5, 0.6) is 5.75 Å². The summed E-state index contributed by atoms with van der Waals surface area (Å²) in [6, 6.07) is 10.8. The van der Waals surface area contributed by atoms with Crippen molar-refractivity contribution in [2.45, 2.75) is 17.7 Å². The number of hydrogen-bond donors (Lipinski definition) is 1. The fourth-order valence-electron chi connectivity index (χ4n) is 2.97. The van der Waals surface area contributed by atoms with Gasteiger partial charge in [0.15, 0.2) is 18.1 Å². The first-order valence-electron chi connectivity index (χ1n) is 8.56. The number of carbonyl (C=O) groups is 2. The molecule has 1 amide bonds. The minimum atomic E-state index is -3.87. The van der Waals surface area contributed by atoms with E-state index < -0.39 is 10.0 Å². The van der Waals surface area contributed by atoms with Crippen molar-refractivity contribution in [1.29, 1.82) is 0 Å². The molecule has 0 spiro atoms. The quantitative estimate of drug-likeness (QED) is 0.797. The Morgan fingerprint density at radius 1 is 1.15 bits per heavy atom. The highest BCUT2D eigenvalue weighted by molar-refractivity contribution is 7.92. The van der Waals surface area contributed by atoms with Crippen LogP contribution in [0.15, 0.2) is 47.4 Å². The number of rotatable bonds is 5. The van der Waals surface area contributed by atoms with Gasteiger partial charge in [0, 0.05) is 18.5 Å². The van der Waals surface area contributed by atoms with Gasteiger partial charge in [0.05, 0.1) is 16.3 Å². The van der Waals surface area contributed by atoms with Crippen LogP contribution in [0.3, 0.4) is 0 Å². The van der Waals surface area contributed by atoms with Crippen LogP contribution >= 0.6 is 0 Å². The number of likely N-dealkylation sites (N-methyl/N-ethyl adjacent to an activating group) is 1. The number of anilines is 2. The molecule has 0 atom stereocenters. The zero-order valence-electron chi connectivity index (χ0n) is 14.6. The Hall–Kier alpha value is -2.87. The summed E-state index contributed by atoms with van der Waals surface area (Å²) in [5.41, 5.74) is 1.28. The summed E-state index contributed by atoms with van der Waals surface area (Å²) >= 11 is 0. The van der Waals surface area contributed by atoms with Crippen molar-refractivity contribution in [2.75, 3.05) is 23.3 Å². The van der Waals surface area contributed by atoms with E-state index in [4.69, 9.17) is 4.74 Å². The van der Waals surface area contributed by atoms with Crippen molar-refractivity contribution in [2.24, 2.45) is 5.92 Å². The molecule has 2 aromatic carbocycles. The lowest BCUT2D eigenvalue weighted by Gasteiger charge is -2.27. The summed E-state index contributed by atoms with van der Waals surface area (Å²) < 4.78 is 33.4. The van der Waals surface area contributed by atoms with Crippen molar-refractivity contribution in [1.82, 2.24) is 0 Å². The first kappa shape index (κ1) is 17.5. The van der Waals surface area contributed by atoms with E-state index in [1.807, 2.05) is 0 Å². The maximum Gasteiger partial charge on any atom is 0.264 e. The molecule has 0 saturated heterocycles. The van der Waals surface area contributed by atoms with Gasteiger partial charge in [-0.1, -0.05) is 18.2 Å². The van der Waals surface area contributed by atoms with Crippen molar-refractivity contribution < 1.29 is 22.7 Å². The molecule has 1 fully saturated rings. The average molecular weight is 386 g/mol. The van der Waals surface area contributed by atoms with Crippen LogP contribution in [-0.4, -0.2) is 33.8 Å². The van der Waals surface area contributed by atoms with Gasteiger partial charge in [-0.2, -0.15) is 0 Å². The fraction of sp³-hybridized carbons (Fsp3) is 0.263. The second kappa shape index (κ2) is 6.38. The number of amides is 1. The van der Waals surface area contributed by atoms with E-state index in [9.17, 15) is 18.0 Å². The summed E-state index contributed by atoms with van der Waals surface area (Å²) in [7, 11) is -2.26. The predicted octanol–water partition coefficient (Wildman–Crippen LogP) is 2.44. The van der Waals surface area contributed by atoms with Crippen molar-refractivity contribution in [3.63, 3.8) is 0 Å². The molecule has 1 saturated carbocycles. The van der Waals surface area contributed by atoms with E-state index in [1.165, 1.54) is 17.0 Å². The number of sulfonamides is 1. The van der Waals surface area contributed by atoms with Gasteiger partial charge in [0.2, 0.25) is 0 Å². The van der Waals surface area contributed by atoms with E-state index in [2.05, 4.69) is 4.72 Å². The fourth-order valence-corrected chi connectivity index (χ4v) is 4.03. The minimum Gasteiger partial charge on any atom is -0.479 e. The molecule has 0 radical (unpaired) electrons. The molecule has 1 aliphatic heterocycles. The molecule has 1 heterocycles. The number of nitrogens with one attached hydrogen (secondary N) is 1. The van der Waals surface area contributed by atoms with Crippen LogP contribution in [0, 0.1) is 5.92 Å². The third-order valence-corrected chi connectivity index (χ3v) is 6.09. The van der Waals surface area contributed by atoms with Crippen LogP contribution in [0.4, 0.5) is 11.4 Å². The number of nitrogens with zero attached hydrogens (tertiary/aromatic N) is 1. The average Bonchev–Trinajstić information content (AvgIpc) is 3.50. The number of para-hydroxylation sites is 1. The molecule has 27 heavy (non-hydrogen) atoms. The molecule has 7 nitrogen and oxygen atoms in total. The lowest BCUT2D eigenvalue weighted by Crippen LogP contribution is -2.35. The third-order valence-electron chi connectivity index (χ3n) is 4.71. The lowest BCUT2D eigenvalue weighted by atomic mass is 10.1. The molecule has 1 N–H and O–H groups in total. The van der Waals surface area contributed by atoms with Gasteiger partial charge >= 0.3 is 0 Å². The number of carbonyl (C=O) groups excluding carboxylic acids is 2. The summed E-state index contributed by atoms with van der Waals surface area (Å²) in [4.78, 5) is 25.3. The number of benzene rings is 2. The van der Waals surface area contributed by atoms with E-state index in [0.29, 0.717) is 17.0 Å². The minimum absolute atomic E-state index is 0.0488.